The first kappa shape index (κ1) is 20.2. The molecule has 0 atom stereocenters. The zero-order chi connectivity index (χ0) is 18.7. The molecule has 0 radical (unpaired) electrons. The Balaban J connectivity index is 2.07. The van der Waals surface area contributed by atoms with E-state index < -0.39 is 8.56 Å². The van der Waals surface area contributed by atoms with Crippen molar-refractivity contribution >= 4 is 60.7 Å². The molecule has 130 valence electrons. The minimum absolute atomic E-state index is 0.478. The average Bonchev–Trinajstić information content (AvgIpc) is 2.67. The van der Waals surface area contributed by atoms with Crippen molar-refractivity contribution in [1.82, 2.24) is 0 Å². The Hall–Kier alpha value is -2.14. The summed E-state index contributed by atoms with van der Waals surface area (Å²) < 4.78 is 18.3. The highest BCUT2D eigenvalue weighted by atomic mass is 32.1. The highest BCUT2D eigenvalue weighted by molar-refractivity contribution is 7.78. The van der Waals surface area contributed by atoms with Gasteiger partial charge in [-0.15, -0.1) is 0 Å². The maximum Gasteiger partial charge on any atom is 0.461 e. The van der Waals surface area contributed by atoms with Gasteiger partial charge in [-0.25, -0.2) is 14.0 Å². The van der Waals surface area contributed by atoms with Gasteiger partial charge in [0.25, 0.3) is 0 Å². The van der Waals surface area contributed by atoms with E-state index in [1.54, 1.807) is 0 Å². The van der Waals surface area contributed by atoms with Gasteiger partial charge in [-0.1, -0.05) is 48.5 Å². The highest BCUT2D eigenvalue weighted by Crippen LogP contribution is 2.29. The summed E-state index contributed by atoms with van der Waals surface area (Å²) in [5.74, 6) is 0.820. The maximum absolute atomic E-state index is 5.98. The van der Waals surface area contributed by atoms with Gasteiger partial charge in [0.05, 0.1) is 22.1 Å². The first-order chi connectivity index (χ1) is 12.7. The van der Waals surface area contributed by atoms with Crippen LogP contribution in [0.15, 0.2) is 68.6 Å². The van der Waals surface area contributed by atoms with Gasteiger partial charge >= 0.3 is 8.56 Å². The quantitative estimate of drug-likeness (QED) is 0.240. The number of hydrogen-bond donors (Lipinski definition) is 0. The van der Waals surface area contributed by atoms with E-state index >= 15 is 0 Å². The third kappa shape index (κ3) is 5.70. The number of hydrogen-bond acceptors (Lipinski definition) is 7. The smallest absolute Gasteiger partial charge is 0.461 e. The van der Waals surface area contributed by atoms with Gasteiger partial charge in [0, 0.05) is 11.6 Å². The van der Waals surface area contributed by atoms with Gasteiger partial charge in [0.2, 0.25) is 0 Å². The normalized spacial score (nSPS) is 11.8. The molecule has 26 heavy (non-hydrogen) atoms. The lowest BCUT2D eigenvalue weighted by molar-refractivity contribution is 0.318. The summed E-state index contributed by atoms with van der Waals surface area (Å²) in [4.78, 5) is 0. The van der Waals surface area contributed by atoms with E-state index in [0.29, 0.717) is 19.1 Å². The lowest BCUT2D eigenvalue weighted by atomic mass is 10.1. The molecular weight excluding hydrogens is 399 g/mol. The van der Waals surface area contributed by atoms with Crippen LogP contribution in [0.2, 0.25) is 6.04 Å². The minimum Gasteiger partial charge on any atom is -0.493 e. The van der Waals surface area contributed by atoms with Gasteiger partial charge < -0.3 is 4.74 Å². The Labute approximate surface area is 169 Å². The van der Waals surface area contributed by atoms with Gasteiger partial charge in [-0.2, -0.15) is 0 Å². The molecule has 2 rings (SSSR count). The van der Waals surface area contributed by atoms with Crippen LogP contribution in [-0.2, 0) is 0 Å². The summed E-state index contributed by atoms with van der Waals surface area (Å²) in [5.41, 5.74) is 2.15. The standard InChI is InChI=1S/C18H15N3OS3Si/c23-13-19-26(20-14-24,21-15-25)12-6-11-22-18-10-5-4-9-17(18)16-7-2-1-3-8-16/h1-5,7-10H,6,11-12H2. The second-order valence-electron chi connectivity index (χ2n) is 5.20. The van der Waals surface area contributed by atoms with Gasteiger partial charge in [-0.3, -0.25) is 0 Å². The lowest BCUT2D eigenvalue weighted by Gasteiger charge is -2.14. The second kappa shape index (κ2) is 10.8. The van der Waals surface area contributed by atoms with Crippen LogP contribution in [0.25, 0.3) is 11.1 Å². The first-order valence-corrected chi connectivity index (χ1v) is 11.1. The molecule has 0 N–H and O–H groups in total. The number of nitrogens with zero attached hydrogens (tertiary/aromatic N) is 3. The summed E-state index contributed by atoms with van der Waals surface area (Å²) in [5, 5.41) is 7.01. The lowest BCUT2D eigenvalue weighted by Crippen LogP contribution is -2.28. The molecule has 2 aromatic rings. The highest BCUT2D eigenvalue weighted by Gasteiger charge is 2.33. The molecule has 0 heterocycles. The Kier molecular flexibility index (Phi) is 8.35. The van der Waals surface area contributed by atoms with E-state index in [1.807, 2.05) is 42.5 Å². The van der Waals surface area contributed by atoms with Crippen molar-refractivity contribution in [3.05, 3.63) is 54.6 Å². The molecule has 0 aliphatic rings. The van der Waals surface area contributed by atoms with Crippen LogP contribution in [0.3, 0.4) is 0 Å². The van der Waals surface area contributed by atoms with E-state index in [0.717, 1.165) is 16.9 Å². The maximum atomic E-state index is 5.98. The predicted octanol–water partition coefficient (Wildman–Crippen LogP) is 5.37. The van der Waals surface area contributed by atoms with Crippen molar-refractivity contribution in [3.8, 4) is 16.9 Å². The van der Waals surface area contributed by atoms with Gasteiger partial charge in [-0.05, 0) is 54.7 Å². The van der Waals surface area contributed by atoms with Crippen LogP contribution < -0.4 is 4.74 Å². The Bertz CT molecular complexity index is 842. The molecule has 0 bridgehead atoms. The topological polar surface area (TPSA) is 46.3 Å². The summed E-state index contributed by atoms with van der Waals surface area (Å²) in [7, 11) is -2.86. The number of para-hydroxylation sites is 1. The molecule has 0 amide bonds. The molecule has 4 nitrogen and oxygen atoms in total. The number of thiocarbonyl (C=S) groups is 3. The van der Waals surface area contributed by atoms with E-state index in [9.17, 15) is 0 Å². The van der Waals surface area contributed by atoms with Crippen molar-refractivity contribution in [2.24, 2.45) is 14.0 Å². The molecule has 0 aromatic heterocycles. The SMILES string of the molecule is S=C=N[Si](CCCOc1ccccc1-c1ccccc1)(N=C=S)N=C=S. The van der Waals surface area contributed by atoms with Gasteiger partial charge in [0.1, 0.15) is 5.75 Å². The van der Waals surface area contributed by atoms with Crippen LogP contribution in [0.5, 0.6) is 5.75 Å². The summed E-state index contributed by atoms with van der Waals surface area (Å²) in [6.45, 7) is 0.478. The predicted molar refractivity (Wildman–Crippen MR) is 118 cm³/mol. The Morgan fingerprint density at radius 2 is 1.38 bits per heavy atom. The largest absolute Gasteiger partial charge is 0.493 e. The molecule has 2 aromatic carbocycles. The van der Waals surface area contributed by atoms with Crippen LogP contribution in [0.4, 0.5) is 0 Å². The Morgan fingerprint density at radius 3 is 2.00 bits per heavy atom. The van der Waals surface area contributed by atoms with Crippen molar-refractivity contribution in [2.75, 3.05) is 6.61 Å². The van der Waals surface area contributed by atoms with Crippen molar-refractivity contribution in [2.45, 2.75) is 12.5 Å². The molecule has 0 fully saturated rings. The molecule has 0 spiro atoms. The summed E-state index contributed by atoms with van der Waals surface area (Å²) in [6, 6.07) is 18.6. The minimum atomic E-state index is -2.86. The average molecular weight is 414 g/mol. The zero-order valence-electron chi connectivity index (χ0n) is 13.8. The number of rotatable bonds is 9. The van der Waals surface area contributed by atoms with Crippen molar-refractivity contribution in [1.29, 1.82) is 0 Å². The van der Waals surface area contributed by atoms with Gasteiger partial charge in [0.15, 0.2) is 0 Å². The molecule has 0 unspecified atom stereocenters. The van der Waals surface area contributed by atoms with Crippen molar-refractivity contribution in [3.63, 3.8) is 0 Å². The van der Waals surface area contributed by atoms with E-state index in [4.69, 9.17) is 41.4 Å². The van der Waals surface area contributed by atoms with Crippen LogP contribution in [-0.4, -0.2) is 30.6 Å². The molecule has 8 heteroatoms. The van der Waals surface area contributed by atoms with Crippen LogP contribution >= 0.6 is 36.7 Å². The Morgan fingerprint density at radius 1 is 0.808 bits per heavy atom. The number of ether oxygens (including phenoxy) is 1. The van der Waals surface area contributed by atoms with Crippen molar-refractivity contribution < 1.29 is 4.74 Å². The fourth-order valence-electron chi connectivity index (χ4n) is 2.40. The number of benzene rings is 2. The summed E-state index contributed by atoms with van der Waals surface area (Å²) in [6.07, 6.45) is 0.664. The monoisotopic (exact) mass is 413 g/mol. The summed E-state index contributed by atoms with van der Waals surface area (Å²) >= 11 is 14.1. The van der Waals surface area contributed by atoms with E-state index in [-0.39, 0.29) is 0 Å². The third-order valence-electron chi connectivity index (χ3n) is 3.56. The molecular formula is C18H15N3OS3Si. The first-order valence-electron chi connectivity index (χ1n) is 7.79. The fraction of sp³-hybridized carbons (Fsp3) is 0.167. The third-order valence-corrected chi connectivity index (χ3v) is 6.75. The second-order valence-corrected chi connectivity index (χ2v) is 8.47. The van der Waals surface area contributed by atoms with Crippen LogP contribution in [0, 0.1) is 0 Å². The number of isothiocyanates is 3. The molecule has 0 saturated heterocycles. The molecule has 0 aliphatic heterocycles. The zero-order valence-corrected chi connectivity index (χ0v) is 17.2. The van der Waals surface area contributed by atoms with Crippen LogP contribution in [0.1, 0.15) is 6.42 Å². The van der Waals surface area contributed by atoms with E-state index in [1.165, 1.54) is 0 Å². The molecule has 0 saturated carbocycles. The molecule has 0 aliphatic carbocycles. The fourth-order valence-corrected chi connectivity index (χ4v) is 5.26. The van der Waals surface area contributed by atoms with E-state index in [2.05, 4.69) is 41.6 Å².